The number of hydrogen-bond acceptors (Lipinski definition) is 3. The maximum absolute atomic E-state index is 5.81. The van der Waals surface area contributed by atoms with Crippen LogP contribution < -0.4 is 10.6 Å². The van der Waals surface area contributed by atoms with Crippen LogP contribution in [-0.4, -0.2) is 17.6 Å². The minimum atomic E-state index is 0.505. The molecule has 1 aromatic heterocycles. The number of rotatable bonds is 7. The number of nitrogens with two attached hydrogens (primary N) is 1. The highest BCUT2D eigenvalue weighted by Crippen LogP contribution is 2.24. The van der Waals surface area contributed by atoms with Crippen LogP contribution in [0.3, 0.4) is 0 Å². The van der Waals surface area contributed by atoms with Crippen molar-refractivity contribution in [2.75, 3.05) is 11.4 Å². The van der Waals surface area contributed by atoms with Crippen LogP contribution in [0.25, 0.3) is 0 Å². The largest absolute Gasteiger partial charge is 0.367 e. The molecule has 0 unspecified atom stereocenters. The normalized spacial score (nSPS) is 11.3. The van der Waals surface area contributed by atoms with E-state index in [9.17, 15) is 0 Å². The first-order valence-electron chi connectivity index (χ1n) is 7.04. The molecule has 0 saturated carbocycles. The Morgan fingerprint density at radius 2 is 1.94 bits per heavy atom. The molecule has 0 saturated heterocycles. The Bertz CT molecular complexity index is 345. The van der Waals surface area contributed by atoms with Gasteiger partial charge in [0.05, 0.1) is 11.4 Å². The zero-order chi connectivity index (χ0) is 13.5. The third-order valence-corrected chi connectivity index (χ3v) is 3.31. The van der Waals surface area contributed by atoms with Gasteiger partial charge in [0.25, 0.3) is 0 Å². The van der Waals surface area contributed by atoms with Crippen LogP contribution in [0.5, 0.6) is 0 Å². The monoisotopic (exact) mass is 249 g/mol. The summed E-state index contributed by atoms with van der Waals surface area (Å²) in [6.45, 7) is 10.6. The van der Waals surface area contributed by atoms with Gasteiger partial charge in [-0.1, -0.05) is 27.7 Å². The molecule has 0 aliphatic carbocycles. The van der Waals surface area contributed by atoms with E-state index >= 15 is 0 Å². The van der Waals surface area contributed by atoms with Crippen LogP contribution in [0, 0.1) is 5.92 Å². The van der Waals surface area contributed by atoms with Gasteiger partial charge in [-0.25, -0.2) is 0 Å². The average Bonchev–Trinajstić information content (AvgIpc) is 2.38. The average molecular weight is 249 g/mol. The quantitative estimate of drug-likeness (QED) is 0.807. The molecule has 3 heteroatoms. The van der Waals surface area contributed by atoms with Gasteiger partial charge >= 0.3 is 0 Å². The topological polar surface area (TPSA) is 42.2 Å². The maximum Gasteiger partial charge on any atom is 0.0772 e. The van der Waals surface area contributed by atoms with Crippen molar-refractivity contribution in [3.63, 3.8) is 0 Å². The van der Waals surface area contributed by atoms with E-state index in [-0.39, 0.29) is 0 Å². The van der Waals surface area contributed by atoms with E-state index in [0.717, 1.165) is 25.1 Å². The number of pyridine rings is 1. The molecule has 2 N–H and O–H groups in total. The van der Waals surface area contributed by atoms with Crippen LogP contribution in [0.15, 0.2) is 18.3 Å². The van der Waals surface area contributed by atoms with E-state index in [0.29, 0.717) is 18.5 Å². The van der Waals surface area contributed by atoms with Gasteiger partial charge in [0, 0.05) is 25.3 Å². The molecule has 0 bridgehead atoms. The lowest BCUT2D eigenvalue weighted by molar-refractivity contribution is 0.505. The summed E-state index contributed by atoms with van der Waals surface area (Å²) < 4.78 is 0. The first kappa shape index (κ1) is 15.0. The third-order valence-electron chi connectivity index (χ3n) is 3.31. The molecule has 18 heavy (non-hydrogen) atoms. The molecular weight excluding hydrogens is 222 g/mol. The molecular formula is C15H27N3. The Morgan fingerprint density at radius 3 is 2.44 bits per heavy atom. The van der Waals surface area contributed by atoms with Crippen molar-refractivity contribution in [3.05, 3.63) is 24.0 Å². The summed E-state index contributed by atoms with van der Waals surface area (Å²) >= 11 is 0. The fraction of sp³-hybridized carbons (Fsp3) is 0.667. The van der Waals surface area contributed by atoms with Crippen molar-refractivity contribution < 1.29 is 0 Å². The first-order chi connectivity index (χ1) is 8.63. The second-order valence-corrected chi connectivity index (χ2v) is 5.19. The number of anilines is 1. The zero-order valence-corrected chi connectivity index (χ0v) is 12.2. The van der Waals surface area contributed by atoms with Crippen LogP contribution in [0.4, 0.5) is 5.69 Å². The van der Waals surface area contributed by atoms with Gasteiger partial charge in [-0.2, -0.15) is 0 Å². The maximum atomic E-state index is 5.81. The predicted molar refractivity (Wildman–Crippen MR) is 78.7 cm³/mol. The summed E-state index contributed by atoms with van der Waals surface area (Å²) in [6, 6.07) is 4.72. The highest BCUT2D eigenvalue weighted by molar-refractivity contribution is 5.51. The first-order valence-corrected chi connectivity index (χ1v) is 7.04. The second kappa shape index (κ2) is 7.37. The minimum Gasteiger partial charge on any atom is -0.367 e. The molecule has 1 aromatic rings. The van der Waals surface area contributed by atoms with Gasteiger partial charge in [-0.05, 0) is 30.9 Å². The van der Waals surface area contributed by atoms with Gasteiger partial charge in [0.1, 0.15) is 0 Å². The van der Waals surface area contributed by atoms with E-state index in [1.54, 1.807) is 0 Å². The predicted octanol–water partition coefficient (Wildman–Crippen LogP) is 3.19. The second-order valence-electron chi connectivity index (χ2n) is 5.19. The van der Waals surface area contributed by atoms with Crippen molar-refractivity contribution in [3.8, 4) is 0 Å². The van der Waals surface area contributed by atoms with E-state index in [2.05, 4.69) is 43.6 Å². The highest BCUT2D eigenvalue weighted by atomic mass is 15.2. The molecule has 1 rings (SSSR count). The van der Waals surface area contributed by atoms with Crippen LogP contribution in [-0.2, 0) is 6.54 Å². The fourth-order valence-electron chi connectivity index (χ4n) is 2.42. The third kappa shape index (κ3) is 3.70. The Labute approximate surface area is 111 Å². The molecule has 0 fully saturated rings. The molecule has 0 aliphatic rings. The number of hydrogen-bond donors (Lipinski definition) is 1. The molecule has 0 amide bonds. The SMILES string of the molecule is CCC(CC)N(CC(C)C)c1cccnc1CN. The van der Waals surface area contributed by atoms with E-state index < -0.39 is 0 Å². The molecule has 0 atom stereocenters. The van der Waals surface area contributed by atoms with E-state index in [4.69, 9.17) is 5.73 Å². The Morgan fingerprint density at radius 1 is 1.28 bits per heavy atom. The van der Waals surface area contributed by atoms with Crippen molar-refractivity contribution >= 4 is 5.69 Å². The highest BCUT2D eigenvalue weighted by Gasteiger charge is 2.19. The molecule has 0 aromatic carbocycles. The van der Waals surface area contributed by atoms with Crippen molar-refractivity contribution in [2.24, 2.45) is 11.7 Å². The number of nitrogens with zero attached hydrogens (tertiary/aromatic N) is 2. The molecule has 0 spiro atoms. The summed E-state index contributed by atoms with van der Waals surface area (Å²) in [5, 5.41) is 0. The lowest BCUT2D eigenvalue weighted by Crippen LogP contribution is -2.38. The van der Waals surface area contributed by atoms with Crippen LogP contribution in [0.1, 0.15) is 46.2 Å². The minimum absolute atomic E-state index is 0.505. The molecule has 3 nitrogen and oxygen atoms in total. The summed E-state index contributed by atoms with van der Waals surface area (Å²) in [5.74, 6) is 0.636. The summed E-state index contributed by atoms with van der Waals surface area (Å²) in [7, 11) is 0. The van der Waals surface area contributed by atoms with Gasteiger partial charge in [-0.15, -0.1) is 0 Å². The van der Waals surface area contributed by atoms with E-state index in [1.807, 2.05) is 12.3 Å². The molecule has 102 valence electrons. The lowest BCUT2D eigenvalue weighted by Gasteiger charge is -2.35. The zero-order valence-electron chi connectivity index (χ0n) is 12.2. The van der Waals surface area contributed by atoms with Crippen LogP contribution in [0.2, 0.25) is 0 Å². The summed E-state index contributed by atoms with van der Waals surface area (Å²) in [6.07, 6.45) is 4.14. The van der Waals surface area contributed by atoms with Crippen molar-refractivity contribution in [1.82, 2.24) is 4.98 Å². The Kier molecular flexibility index (Phi) is 6.13. The summed E-state index contributed by atoms with van der Waals surface area (Å²) in [4.78, 5) is 6.90. The lowest BCUT2D eigenvalue weighted by atomic mass is 10.1. The van der Waals surface area contributed by atoms with Crippen LogP contribution >= 0.6 is 0 Å². The van der Waals surface area contributed by atoms with Gasteiger partial charge < -0.3 is 10.6 Å². The smallest absolute Gasteiger partial charge is 0.0772 e. The molecule has 0 aliphatic heterocycles. The van der Waals surface area contributed by atoms with E-state index in [1.165, 1.54) is 5.69 Å². The Hall–Kier alpha value is -1.09. The van der Waals surface area contributed by atoms with Crippen molar-refractivity contribution in [2.45, 2.75) is 53.1 Å². The number of aromatic nitrogens is 1. The Balaban J connectivity index is 3.07. The fourth-order valence-corrected chi connectivity index (χ4v) is 2.42. The standard InChI is InChI=1S/C15H27N3/c1-5-13(6-2)18(11-12(3)4)15-8-7-9-17-14(15)10-16/h7-9,12-13H,5-6,10-11,16H2,1-4H3. The van der Waals surface area contributed by atoms with Gasteiger partial charge in [0.15, 0.2) is 0 Å². The molecule has 0 radical (unpaired) electrons. The van der Waals surface area contributed by atoms with Crippen molar-refractivity contribution in [1.29, 1.82) is 0 Å². The molecule has 1 heterocycles. The summed E-state index contributed by atoms with van der Waals surface area (Å²) in [5.41, 5.74) is 8.03. The van der Waals surface area contributed by atoms with Gasteiger partial charge in [0.2, 0.25) is 0 Å². The van der Waals surface area contributed by atoms with Gasteiger partial charge in [-0.3, -0.25) is 4.98 Å².